The topological polar surface area (TPSA) is 73.9 Å². The van der Waals surface area contributed by atoms with Gasteiger partial charge in [-0.3, -0.25) is 0 Å². The summed E-state index contributed by atoms with van der Waals surface area (Å²) in [5.41, 5.74) is 5.83. The predicted octanol–water partition coefficient (Wildman–Crippen LogP) is 2.99. The highest BCUT2D eigenvalue weighted by Crippen LogP contribution is 2.30. The number of aromatic nitrogens is 3. The van der Waals surface area contributed by atoms with Crippen molar-refractivity contribution in [2.45, 2.75) is 63.9 Å². The first-order valence-electron chi connectivity index (χ1n) is 7.28. The molecule has 1 fully saturated rings. The molecule has 1 aliphatic carbocycles. The Hall–Kier alpha value is -1.23. The van der Waals surface area contributed by atoms with Gasteiger partial charge in [0.2, 0.25) is 5.95 Å². The molecule has 1 aromatic heterocycles. The van der Waals surface area contributed by atoms with Crippen molar-refractivity contribution in [2.75, 3.05) is 12.8 Å². The van der Waals surface area contributed by atoms with Crippen molar-refractivity contribution < 1.29 is 4.74 Å². The molecule has 0 bridgehead atoms. The van der Waals surface area contributed by atoms with Crippen molar-refractivity contribution in [1.82, 2.24) is 15.0 Å². The average Bonchev–Trinajstić information content (AvgIpc) is 2.68. The summed E-state index contributed by atoms with van der Waals surface area (Å²) >= 11 is 0. The van der Waals surface area contributed by atoms with E-state index in [1.165, 1.54) is 25.7 Å². The number of hydrogen-bond donors (Lipinski definition) is 1. The van der Waals surface area contributed by atoms with Crippen LogP contribution >= 0.6 is 0 Å². The van der Waals surface area contributed by atoms with Crippen molar-refractivity contribution in [1.29, 1.82) is 0 Å². The summed E-state index contributed by atoms with van der Waals surface area (Å²) in [5, 5.41) is 0. The summed E-state index contributed by atoms with van der Waals surface area (Å²) < 4.78 is 5.40. The zero-order valence-corrected chi connectivity index (χ0v) is 11.9. The van der Waals surface area contributed by atoms with Crippen LogP contribution in [0.25, 0.3) is 0 Å². The van der Waals surface area contributed by atoms with Crippen molar-refractivity contribution in [2.24, 2.45) is 0 Å². The van der Waals surface area contributed by atoms with Gasteiger partial charge in [0.1, 0.15) is 11.9 Å². The highest BCUT2D eigenvalue weighted by molar-refractivity contribution is 5.18. The lowest BCUT2D eigenvalue weighted by atomic mass is 9.99. The number of rotatable bonds is 4. The summed E-state index contributed by atoms with van der Waals surface area (Å²) in [6.07, 6.45) is 8.22. The second kappa shape index (κ2) is 6.80. The molecule has 2 rings (SSSR count). The molecule has 1 heterocycles. The van der Waals surface area contributed by atoms with Gasteiger partial charge < -0.3 is 10.5 Å². The number of nitrogens with zero attached hydrogens (tertiary/aromatic N) is 3. The average molecular weight is 264 g/mol. The fourth-order valence-corrected chi connectivity index (χ4v) is 2.75. The van der Waals surface area contributed by atoms with Gasteiger partial charge in [-0.05, 0) is 19.3 Å². The van der Waals surface area contributed by atoms with Gasteiger partial charge in [-0.1, -0.05) is 32.6 Å². The van der Waals surface area contributed by atoms with Crippen LogP contribution in [0.1, 0.15) is 75.5 Å². The maximum absolute atomic E-state index is 5.83. The quantitative estimate of drug-likeness (QED) is 0.846. The Balaban J connectivity index is 2.24. The predicted molar refractivity (Wildman–Crippen MR) is 74.7 cm³/mol. The van der Waals surface area contributed by atoms with E-state index < -0.39 is 0 Å². The molecule has 1 unspecified atom stereocenters. The van der Waals surface area contributed by atoms with Crippen molar-refractivity contribution in [3.05, 3.63) is 11.6 Å². The van der Waals surface area contributed by atoms with Gasteiger partial charge in [0.15, 0.2) is 5.82 Å². The van der Waals surface area contributed by atoms with E-state index in [9.17, 15) is 0 Å². The minimum Gasteiger partial charge on any atom is -0.373 e. The third-order valence-electron chi connectivity index (χ3n) is 3.85. The first kappa shape index (κ1) is 14.2. The Labute approximate surface area is 115 Å². The van der Waals surface area contributed by atoms with Crippen molar-refractivity contribution in [3.8, 4) is 0 Å². The fraction of sp³-hybridized carbons (Fsp3) is 0.786. The van der Waals surface area contributed by atoms with Crippen LogP contribution in [0.3, 0.4) is 0 Å². The Kier molecular flexibility index (Phi) is 5.07. The molecule has 1 atom stereocenters. The monoisotopic (exact) mass is 264 g/mol. The van der Waals surface area contributed by atoms with Gasteiger partial charge in [0.05, 0.1) is 0 Å². The van der Waals surface area contributed by atoms with Gasteiger partial charge >= 0.3 is 0 Å². The smallest absolute Gasteiger partial charge is 0.223 e. The molecule has 5 nitrogen and oxygen atoms in total. The maximum atomic E-state index is 5.83. The van der Waals surface area contributed by atoms with Crippen LogP contribution < -0.4 is 5.73 Å². The lowest BCUT2D eigenvalue weighted by molar-refractivity contribution is 0.0921. The number of nitrogen functional groups attached to an aromatic ring is 1. The molecular formula is C14H24N4O. The normalized spacial score (nSPS) is 19.1. The second-order valence-electron chi connectivity index (χ2n) is 5.23. The molecule has 0 aromatic carbocycles. The van der Waals surface area contributed by atoms with Crippen LogP contribution in [0.5, 0.6) is 0 Å². The Morgan fingerprint density at radius 2 is 1.84 bits per heavy atom. The Morgan fingerprint density at radius 3 is 2.42 bits per heavy atom. The highest BCUT2D eigenvalue weighted by Gasteiger charge is 2.21. The second-order valence-corrected chi connectivity index (χ2v) is 5.23. The molecule has 19 heavy (non-hydrogen) atoms. The molecule has 1 saturated carbocycles. The van der Waals surface area contributed by atoms with Gasteiger partial charge in [-0.25, -0.2) is 4.98 Å². The highest BCUT2D eigenvalue weighted by atomic mass is 16.5. The Bertz CT molecular complexity index is 398. The minimum atomic E-state index is -0.0881. The third kappa shape index (κ3) is 3.62. The molecule has 0 amide bonds. The van der Waals surface area contributed by atoms with E-state index in [2.05, 4.69) is 21.9 Å². The number of methoxy groups -OCH3 is 1. The van der Waals surface area contributed by atoms with Crippen molar-refractivity contribution >= 4 is 5.95 Å². The lowest BCUT2D eigenvalue weighted by Gasteiger charge is -2.16. The SMILES string of the molecule is CCC(OC)c1nc(N)nc(C2CCCCCC2)n1. The van der Waals surface area contributed by atoms with Crippen LogP contribution in [0.15, 0.2) is 0 Å². The van der Waals surface area contributed by atoms with E-state index in [0.29, 0.717) is 17.7 Å². The van der Waals surface area contributed by atoms with E-state index in [0.717, 1.165) is 25.1 Å². The van der Waals surface area contributed by atoms with Crippen LogP contribution in [0, 0.1) is 0 Å². The molecule has 2 N–H and O–H groups in total. The van der Waals surface area contributed by atoms with E-state index in [-0.39, 0.29) is 6.10 Å². The van der Waals surface area contributed by atoms with E-state index >= 15 is 0 Å². The summed E-state index contributed by atoms with van der Waals surface area (Å²) in [5.74, 6) is 2.29. The number of anilines is 1. The molecule has 0 spiro atoms. The number of hydrogen-bond acceptors (Lipinski definition) is 5. The molecule has 1 aliphatic rings. The fourth-order valence-electron chi connectivity index (χ4n) is 2.75. The van der Waals surface area contributed by atoms with Crippen molar-refractivity contribution in [3.63, 3.8) is 0 Å². The zero-order valence-electron chi connectivity index (χ0n) is 11.9. The Morgan fingerprint density at radius 1 is 1.16 bits per heavy atom. The molecule has 0 radical (unpaired) electrons. The molecular weight excluding hydrogens is 240 g/mol. The first-order chi connectivity index (χ1) is 9.24. The third-order valence-corrected chi connectivity index (χ3v) is 3.85. The minimum absolute atomic E-state index is 0.0881. The van der Waals surface area contributed by atoms with Crippen LogP contribution in [-0.4, -0.2) is 22.1 Å². The van der Waals surface area contributed by atoms with E-state index in [1.54, 1.807) is 7.11 Å². The van der Waals surface area contributed by atoms with E-state index in [1.807, 2.05) is 0 Å². The van der Waals surface area contributed by atoms with Crippen LogP contribution in [0.4, 0.5) is 5.95 Å². The van der Waals surface area contributed by atoms with Gasteiger partial charge in [0.25, 0.3) is 0 Å². The summed E-state index contributed by atoms with van der Waals surface area (Å²) in [7, 11) is 1.68. The van der Waals surface area contributed by atoms with E-state index in [4.69, 9.17) is 10.5 Å². The molecule has 106 valence electrons. The molecule has 0 saturated heterocycles. The van der Waals surface area contributed by atoms with Gasteiger partial charge in [-0.2, -0.15) is 9.97 Å². The van der Waals surface area contributed by atoms with Crippen LogP contribution in [-0.2, 0) is 4.74 Å². The largest absolute Gasteiger partial charge is 0.373 e. The summed E-state index contributed by atoms with van der Waals surface area (Å²) in [6, 6.07) is 0. The van der Waals surface area contributed by atoms with Crippen LogP contribution in [0.2, 0.25) is 0 Å². The molecule has 0 aliphatic heterocycles. The molecule has 1 aromatic rings. The summed E-state index contributed by atoms with van der Waals surface area (Å²) in [4.78, 5) is 13.2. The summed E-state index contributed by atoms with van der Waals surface area (Å²) in [6.45, 7) is 2.06. The molecule has 5 heteroatoms. The zero-order chi connectivity index (χ0) is 13.7. The maximum Gasteiger partial charge on any atom is 0.223 e. The lowest BCUT2D eigenvalue weighted by Crippen LogP contribution is -2.14. The van der Waals surface area contributed by atoms with Gasteiger partial charge in [0, 0.05) is 13.0 Å². The first-order valence-corrected chi connectivity index (χ1v) is 7.28. The number of ether oxygens (including phenoxy) is 1. The van der Waals surface area contributed by atoms with Gasteiger partial charge in [-0.15, -0.1) is 0 Å². The number of nitrogens with two attached hydrogens (primary N) is 1. The standard InChI is InChI=1S/C14H24N4O/c1-3-11(19-2)13-16-12(17-14(15)18-13)10-8-6-4-5-7-9-10/h10-11H,3-9H2,1-2H3,(H2,15,16,17,18).